The molecule has 1 N–H and O–H groups in total. The molecule has 29 heavy (non-hydrogen) atoms. The lowest BCUT2D eigenvalue weighted by Gasteiger charge is -2.28. The number of hydrogen-bond acceptors (Lipinski definition) is 3. The van der Waals surface area contributed by atoms with Gasteiger partial charge in [-0.05, 0) is 23.8 Å². The Morgan fingerprint density at radius 2 is 1.83 bits per heavy atom. The van der Waals surface area contributed by atoms with E-state index in [1.165, 1.54) is 12.1 Å². The van der Waals surface area contributed by atoms with Crippen LogP contribution in [0.5, 0.6) is 0 Å². The van der Waals surface area contributed by atoms with Gasteiger partial charge in [-0.15, -0.1) is 0 Å². The van der Waals surface area contributed by atoms with E-state index >= 15 is 0 Å². The predicted molar refractivity (Wildman–Crippen MR) is 105 cm³/mol. The van der Waals surface area contributed by atoms with E-state index in [-0.39, 0.29) is 11.4 Å². The summed E-state index contributed by atoms with van der Waals surface area (Å²) in [6.07, 6.45) is -3.82. The molecular formula is C21H17ClF3N3O. The highest BCUT2D eigenvalue weighted by Gasteiger charge is 2.30. The van der Waals surface area contributed by atoms with Crippen molar-refractivity contribution in [2.75, 3.05) is 6.54 Å². The van der Waals surface area contributed by atoms with E-state index in [4.69, 9.17) is 11.6 Å². The minimum absolute atomic E-state index is 0.270. The number of aromatic amines is 1. The van der Waals surface area contributed by atoms with Crippen LogP contribution in [0.4, 0.5) is 13.2 Å². The van der Waals surface area contributed by atoms with Crippen LogP contribution in [0.3, 0.4) is 0 Å². The molecule has 0 bridgehead atoms. The molecule has 0 atom stereocenters. The van der Waals surface area contributed by atoms with Gasteiger partial charge in [0.25, 0.3) is 5.56 Å². The summed E-state index contributed by atoms with van der Waals surface area (Å²) in [6.45, 7) is 1.77. The molecule has 2 heterocycles. The fraction of sp³-hybridized carbons (Fsp3) is 0.238. The molecule has 1 aromatic heterocycles. The predicted octanol–water partition coefficient (Wildman–Crippen LogP) is 4.67. The Morgan fingerprint density at radius 1 is 1.10 bits per heavy atom. The van der Waals surface area contributed by atoms with Crippen molar-refractivity contribution in [3.05, 3.63) is 86.3 Å². The van der Waals surface area contributed by atoms with Gasteiger partial charge < -0.3 is 4.98 Å². The molecule has 0 saturated heterocycles. The third-order valence-corrected chi connectivity index (χ3v) is 5.35. The van der Waals surface area contributed by atoms with Gasteiger partial charge in [0, 0.05) is 36.6 Å². The highest BCUT2D eigenvalue weighted by atomic mass is 35.5. The number of nitrogens with one attached hydrogen (secondary N) is 1. The smallest absolute Gasteiger partial charge is 0.306 e. The average Bonchev–Trinajstić information content (AvgIpc) is 2.69. The van der Waals surface area contributed by atoms with Crippen LogP contribution in [-0.2, 0) is 25.7 Å². The summed E-state index contributed by atoms with van der Waals surface area (Å²) in [4.78, 5) is 22.0. The molecule has 0 amide bonds. The van der Waals surface area contributed by atoms with E-state index < -0.39 is 11.7 Å². The summed E-state index contributed by atoms with van der Waals surface area (Å²) in [6, 6.07) is 12.2. The maximum absolute atomic E-state index is 12.7. The lowest BCUT2D eigenvalue weighted by molar-refractivity contribution is -0.137. The Bertz CT molecular complexity index is 1090. The topological polar surface area (TPSA) is 49.0 Å². The monoisotopic (exact) mass is 419 g/mol. The van der Waals surface area contributed by atoms with E-state index in [9.17, 15) is 18.0 Å². The SMILES string of the molecule is O=c1[nH]c(-c2ccc(C(F)(F)F)cc2)nc2c1CN(Cc1ccccc1Cl)CC2. The molecule has 2 aromatic carbocycles. The number of fused-ring (bicyclic) bond motifs is 1. The summed E-state index contributed by atoms with van der Waals surface area (Å²) in [5.41, 5.74) is 1.68. The third kappa shape index (κ3) is 4.21. The number of hydrogen-bond donors (Lipinski definition) is 1. The van der Waals surface area contributed by atoms with Crippen molar-refractivity contribution in [1.29, 1.82) is 0 Å². The normalized spacial score (nSPS) is 14.6. The number of rotatable bonds is 3. The molecule has 0 aliphatic carbocycles. The molecule has 150 valence electrons. The second kappa shape index (κ2) is 7.65. The highest BCUT2D eigenvalue weighted by Crippen LogP contribution is 2.30. The molecule has 0 spiro atoms. The standard InChI is InChI=1S/C21H17ClF3N3O/c22-17-4-2-1-3-14(17)11-28-10-9-18-16(12-28)20(29)27-19(26-18)13-5-7-15(8-6-13)21(23,24)25/h1-8H,9-12H2,(H,26,27,29). The van der Waals surface area contributed by atoms with Gasteiger partial charge in [0.05, 0.1) is 16.8 Å². The first-order valence-electron chi connectivity index (χ1n) is 9.07. The summed E-state index contributed by atoms with van der Waals surface area (Å²) in [7, 11) is 0. The van der Waals surface area contributed by atoms with Gasteiger partial charge in [-0.2, -0.15) is 13.2 Å². The Kier molecular flexibility index (Phi) is 5.19. The lowest BCUT2D eigenvalue weighted by Crippen LogP contribution is -2.35. The molecule has 0 unspecified atom stereocenters. The van der Waals surface area contributed by atoms with E-state index in [1.54, 1.807) is 0 Å². The lowest BCUT2D eigenvalue weighted by atomic mass is 10.0. The molecule has 8 heteroatoms. The van der Waals surface area contributed by atoms with Gasteiger partial charge in [-0.25, -0.2) is 4.98 Å². The van der Waals surface area contributed by atoms with E-state index in [1.807, 2.05) is 24.3 Å². The number of halogens is 4. The zero-order valence-corrected chi connectivity index (χ0v) is 16.0. The van der Waals surface area contributed by atoms with Crippen LogP contribution in [0.2, 0.25) is 5.02 Å². The molecule has 0 radical (unpaired) electrons. The Hall–Kier alpha value is -2.64. The molecule has 0 fully saturated rings. The van der Waals surface area contributed by atoms with Crippen LogP contribution in [0.1, 0.15) is 22.4 Å². The van der Waals surface area contributed by atoms with Gasteiger partial charge in [-0.1, -0.05) is 41.9 Å². The first-order chi connectivity index (χ1) is 13.8. The molecule has 4 nitrogen and oxygen atoms in total. The Labute approximate surface area is 170 Å². The van der Waals surface area contributed by atoms with Crippen LogP contribution in [-0.4, -0.2) is 21.4 Å². The van der Waals surface area contributed by atoms with Crippen molar-refractivity contribution in [2.45, 2.75) is 25.7 Å². The fourth-order valence-electron chi connectivity index (χ4n) is 3.44. The zero-order valence-electron chi connectivity index (χ0n) is 15.3. The Balaban J connectivity index is 1.57. The van der Waals surface area contributed by atoms with E-state index in [0.29, 0.717) is 47.9 Å². The van der Waals surface area contributed by atoms with Crippen molar-refractivity contribution in [3.8, 4) is 11.4 Å². The first-order valence-corrected chi connectivity index (χ1v) is 9.44. The van der Waals surface area contributed by atoms with Crippen molar-refractivity contribution in [1.82, 2.24) is 14.9 Å². The number of aromatic nitrogens is 2. The molecular weight excluding hydrogens is 403 g/mol. The number of H-pyrrole nitrogens is 1. The molecule has 3 aromatic rings. The number of nitrogens with zero attached hydrogens (tertiary/aromatic N) is 2. The second-order valence-corrected chi connectivity index (χ2v) is 7.37. The second-order valence-electron chi connectivity index (χ2n) is 6.97. The summed E-state index contributed by atoms with van der Waals surface area (Å²) in [5, 5.41) is 0.683. The van der Waals surface area contributed by atoms with Crippen LogP contribution in [0.25, 0.3) is 11.4 Å². The minimum atomic E-state index is -4.40. The maximum atomic E-state index is 12.7. The van der Waals surface area contributed by atoms with Crippen LogP contribution < -0.4 is 5.56 Å². The molecule has 1 aliphatic rings. The van der Waals surface area contributed by atoms with E-state index in [0.717, 1.165) is 17.7 Å². The maximum Gasteiger partial charge on any atom is 0.416 e. The summed E-state index contributed by atoms with van der Waals surface area (Å²) in [5.74, 6) is 0.280. The number of alkyl halides is 3. The molecule has 4 rings (SSSR count). The van der Waals surface area contributed by atoms with Crippen LogP contribution >= 0.6 is 11.6 Å². The molecule has 1 aliphatic heterocycles. The van der Waals surface area contributed by atoms with E-state index in [2.05, 4.69) is 14.9 Å². The third-order valence-electron chi connectivity index (χ3n) is 4.99. The van der Waals surface area contributed by atoms with Crippen LogP contribution in [0.15, 0.2) is 53.3 Å². The van der Waals surface area contributed by atoms with Gasteiger partial charge in [-0.3, -0.25) is 9.69 Å². The fourth-order valence-corrected chi connectivity index (χ4v) is 3.63. The summed E-state index contributed by atoms with van der Waals surface area (Å²) < 4.78 is 38.2. The van der Waals surface area contributed by atoms with Gasteiger partial charge in [0.15, 0.2) is 0 Å². The average molecular weight is 420 g/mol. The minimum Gasteiger partial charge on any atom is -0.306 e. The van der Waals surface area contributed by atoms with Crippen LogP contribution in [0, 0.1) is 0 Å². The quantitative estimate of drug-likeness (QED) is 0.671. The highest BCUT2D eigenvalue weighted by molar-refractivity contribution is 6.31. The van der Waals surface area contributed by atoms with Gasteiger partial charge in [0.2, 0.25) is 0 Å². The Morgan fingerprint density at radius 3 is 2.52 bits per heavy atom. The van der Waals surface area contributed by atoms with Gasteiger partial charge >= 0.3 is 6.18 Å². The van der Waals surface area contributed by atoms with Crippen molar-refractivity contribution < 1.29 is 13.2 Å². The van der Waals surface area contributed by atoms with Crippen molar-refractivity contribution in [2.24, 2.45) is 0 Å². The van der Waals surface area contributed by atoms with Gasteiger partial charge in [0.1, 0.15) is 5.82 Å². The largest absolute Gasteiger partial charge is 0.416 e. The number of benzene rings is 2. The molecule has 0 saturated carbocycles. The first kappa shape index (κ1) is 19.7. The van der Waals surface area contributed by atoms with Crippen molar-refractivity contribution >= 4 is 11.6 Å². The van der Waals surface area contributed by atoms with Crippen molar-refractivity contribution in [3.63, 3.8) is 0 Å². The summed E-state index contributed by atoms with van der Waals surface area (Å²) >= 11 is 6.23. The zero-order chi connectivity index (χ0) is 20.6.